The number of phenols is 2. The van der Waals surface area contributed by atoms with Crippen molar-refractivity contribution in [2.75, 3.05) is 14.2 Å². The van der Waals surface area contributed by atoms with E-state index in [2.05, 4.69) is 11.9 Å². The smallest absolute Gasteiger partial charge is 0.342 e. The maximum Gasteiger partial charge on any atom is 0.342 e. The number of ether oxygens (including phenoxy) is 4. The number of nitrogens with one attached hydrogen (secondary N) is 1. The van der Waals surface area contributed by atoms with Gasteiger partial charge in [-0.15, -0.1) is 6.58 Å². The zero-order valence-corrected chi connectivity index (χ0v) is 26.0. The van der Waals surface area contributed by atoms with Crippen molar-refractivity contribution in [3.05, 3.63) is 34.9 Å². The number of aliphatic hydroxyl groups excluding tert-OH is 3. The minimum absolute atomic E-state index is 0.00479. The lowest BCUT2D eigenvalue weighted by atomic mass is 9.73. The number of rotatable bonds is 12. The number of cyclic esters (lactones) is 1. The summed E-state index contributed by atoms with van der Waals surface area (Å²) >= 11 is 0. The zero-order chi connectivity index (χ0) is 32.4. The number of carbonyl (C=O) groups excluding carboxylic acids is 2. The summed E-state index contributed by atoms with van der Waals surface area (Å²) < 4.78 is 22.7. The van der Waals surface area contributed by atoms with Gasteiger partial charge in [0.05, 0.1) is 24.4 Å². The zero-order valence-electron chi connectivity index (χ0n) is 26.0. The van der Waals surface area contributed by atoms with Crippen LogP contribution in [-0.2, 0) is 30.2 Å². The van der Waals surface area contributed by atoms with Gasteiger partial charge in [-0.2, -0.15) is 0 Å². The van der Waals surface area contributed by atoms with E-state index in [4.69, 9.17) is 18.9 Å². The van der Waals surface area contributed by atoms with Crippen LogP contribution in [0.25, 0.3) is 0 Å². The van der Waals surface area contributed by atoms with E-state index in [1.807, 2.05) is 13.8 Å². The van der Waals surface area contributed by atoms with Gasteiger partial charge in [0.15, 0.2) is 12.3 Å². The van der Waals surface area contributed by atoms with Gasteiger partial charge in [-0.25, -0.2) is 4.79 Å². The Bertz CT molecular complexity index is 1180. The molecule has 43 heavy (non-hydrogen) atoms. The standard InChI is InChI=1S/C31H47NO11/c1-14(2)9-22(40-7)27(37)28(38)32-29(41-8)23-13-24(36)31(5,6)25(42-23)12-19(34)16(4)21-10-17-15(3)18(33)11-20(35)26(17)30(39)43-21/h11,16,19,21-25,27,29,33-37H,1,9-10,12-13H2,2-8H3,(H,32,38)/t16-,19+,21-,22+,23+,24-,25?,27+,29+/m1/s1. The Labute approximate surface area is 252 Å². The van der Waals surface area contributed by atoms with Gasteiger partial charge >= 0.3 is 5.97 Å². The lowest BCUT2D eigenvalue weighted by Gasteiger charge is -2.48. The quantitative estimate of drug-likeness (QED) is 0.115. The predicted octanol–water partition coefficient (Wildman–Crippen LogP) is 1.85. The highest BCUT2D eigenvalue weighted by molar-refractivity contribution is 5.96. The molecule has 12 heteroatoms. The fourth-order valence-electron chi connectivity index (χ4n) is 5.80. The van der Waals surface area contributed by atoms with Crippen LogP contribution in [-0.4, -0.2) is 101 Å². The number of methoxy groups -OCH3 is 2. The SMILES string of the molecule is C=C(C)C[C@H](OC)[C@H](O)C(=O)N[C@@H](OC)[C@@H]1C[C@@H](O)C(C)(C)C(C[C@H](O)[C@@H](C)[C@H]2Cc3c(C)c(O)cc(O)c3C(=O)O2)O1. The maximum atomic E-state index is 12.9. The summed E-state index contributed by atoms with van der Waals surface area (Å²) in [6.07, 6.45) is -6.89. The van der Waals surface area contributed by atoms with Crippen LogP contribution in [0.4, 0.5) is 0 Å². The average molecular weight is 610 g/mol. The highest BCUT2D eigenvalue weighted by atomic mass is 16.6. The lowest BCUT2D eigenvalue weighted by Crippen LogP contribution is -2.59. The van der Waals surface area contributed by atoms with Crippen molar-refractivity contribution in [1.29, 1.82) is 0 Å². The summed E-state index contributed by atoms with van der Waals surface area (Å²) in [6, 6.07) is 1.10. The van der Waals surface area contributed by atoms with E-state index >= 15 is 0 Å². The molecular formula is C31H47NO11. The number of amides is 1. The van der Waals surface area contributed by atoms with Gasteiger partial charge in [-0.3, -0.25) is 4.79 Å². The van der Waals surface area contributed by atoms with E-state index in [0.717, 1.165) is 11.6 Å². The molecule has 0 bridgehead atoms. The first-order valence-corrected chi connectivity index (χ1v) is 14.5. The minimum atomic E-state index is -1.50. The normalized spacial score (nSPS) is 26.8. The number of hydrogen-bond donors (Lipinski definition) is 6. The van der Waals surface area contributed by atoms with Crippen LogP contribution in [0.5, 0.6) is 11.5 Å². The number of phenolic OH excluding ortho intramolecular Hbond substituents is 2. The third-order valence-corrected chi connectivity index (χ3v) is 9.02. The van der Waals surface area contributed by atoms with Crippen molar-refractivity contribution in [3.63, 3.8) is 0 Å². The second-order valence-electron chi connectivity index (χ2n) is 12.5. The summed E-state index contributed by atoms with van der Waals surface area (Å²) in [5, 5.41) is 56.0. The number of carbonyl (C=O) groups is 2. The van der Waals surface area contributed by atoms with E-state index in [9.17, 15) is 35.1 Å². The van der Waals surface area contributed by atoms with E-state index in [1.54, 1.807) is 20.8 Å². The first-order chi connectivity index (χ1) is 20.0. The Hall–Kier alpha value is -2.74. The van der Waals surface area contributed by atoms with Crippen LogP contribution < -0.4 is 5.32 Å². The van der Waals surface area contributed by atoms with Crippen molar-refractivity contribution in [3.8, 4) is 11.5 Å². The van der Waals surface area contributed by atoms with Crippen molar-refractivity contribution in [2.45, 2.75) is 109 Å². The molecule has 9 atom stereocenters. The van der Waals surface area contributed by atoms with Crippen LogP contribution in [0.1, 0.15) is 68.4 Å². The van der Waals surface area contributed by atoms with Gasteiger partial charge in [0.2, 0.25) is 0 Å². The fourth-order valence-corrected chi connectivity index (χ4v) is 5.80. The minimum Gasteiger partial charge on any atom is -0.508 e. The summed E-state index contributed by atoms with van der Waals surface area (Å²) in [6.45, 7) is 12.6. The Morgan fingerprint density at radius 3 is 2.42 bits per heavy atom. The highest BCUT2D eigenvalue weighted by Gasteiger charge is 2.48. The van der Waals surface area contributed by atoms with Crippen LogP contribution >= 0.6 is 0 Å². The molecule has 1 aromatic carbocycles. The number of aromatic hydroxyl groups is 2. The first kappa shape index (κ1) is 34.7. The molecule has 0 aliphatic carbocycles. The molecule has 1 fully saturated rings. The van der Waals surface area contributed by atoms with Crippen LogP contribution in [0, 0.1) is 18.3 Å². The van der Waals surface area contributed by atoms with Gasteiger partial charge < -0.3 is 49.8 Å². The van der Waals surface area contributed by atoms with Gasteiger partial charge in [-0.1, -0.05) is 26.3 Å². The molecule has 1 unspecified atom stereocenters. The Kier molecular flexibility index (Phi) is 11.2. The number of esters is 1. The van der Waals surface area contributed by atoms with Gasteiger partial charge in [0, 0.05) is 50.9 Å². The molecule has 0 saturated carbocycles. The van der Waals surface area contributed by atoms with E-state index in [0.29, 0.717) is 11.1 Å². The molecule has 2 aliphatic heterocycles. The Balaban J connectivity index is 1.73. The molecule has 0 aromatic heterocycles. The summed E-state index contributed by atoms with van der Waals surface area (Å²) in [5.41, 5.74) is 0.851. The topological polar surface area (TPSA) is 184 Å². The molecule has 0 spiro atoms. The van der Waals surface area contributed by atoms with E-state index < -0.39 is 72.2 Å². The van der Waals surface area contributed by atoms with Gasteiger partial charge in [0.25, 0.3) is 5.91 Å². The molecule has 1 saturated heterocycles. The van der Waals surface area contributed by atoms with Crippen LogP contribution in [0.3, 0.4) is 0 Å². The predicted molar refractivity (Wildman–Crippen MR) is 155 cm³/mol. The molecule has 242 valence electrons. The van der Waals surface area contributed by atoms with Crippen molar-refractivity contribution < 1.29 is 54.1 Å². The fraction of sp³-hybridized carbons (Fsp3) is 0.677. The number of hydrogen-bond acceptors (Lipinski definition) is 11. The molecule has 1 aromatic rings. The van der Waals surface area contributed by atoms with Crippen LogP contribution in [0.2, 0.25) is 0 Å². The van der Waals surface area contributed by atoms with Crippen molar-refractivity contribution >= 4 is 11.9 Å². The van der Waals surface area contributed by atoms with Crippen molar-refractivity contribution in [2.24, 2.45) is 11.3 Å². The second kappa shape index (κ2) is 13.9. The van der Waals surface area contributed by atoms with Crippen molar-refractivity contribution in [1.82, 2.24) is 5.32 Å². The second-order valence-corrected chi connectivity index (χ2v) is 12.5. The number of aliphatic hydroxyl groups is 3. The highest BCUT2D eigenvalue weighted by Crippen LogP contribution is 2.42. The molecule has 2 aliphatic rings. The van der Waals surface area contributed by atoms with Gasteiger partial charge in [-0.05, 0) is 31.4 Å². The summed E-state index contributed by atoms with van der Waals surface area (Å²) in [4.78, 5) is 25.6. The molecule has 0 radical (unpaired) electrons. The number of benzene rings is 1. The van der Waals surface area contributed by atoms with Gasteiger partial charge in [0.1, 0.15) is 29.3 Å². The maximum absolute atomic E-state index is 12.9. The largest absolute Gasteiger partial charge is 0.508 e. The molecular weight excluding hydrogens is 562 g/mol. The van der Waals surface area contributed by atoms with E-state index in [1.165, 1.54) is 14.2 Å². The monoisotopic (exact) mass is 609 g/mol. The summed E-state index contributed by atoms with van der Waals surface area (Å²) in [7, 11) is 2.76. The summed E-state index contributed by atoms with van der Waals surface area (Å²) in [5.74, 6) is -2.57. The molecule has 12 nitrogen and oxygen atoms in total. The Morgan fingerprint density at radius 2 is 1.84 bits per heavy atom. The molecule has 3 rings (SSSR count). The molecule has 1 amide bonds. The van der Waals surface area contributed by atoms with Crippen LogP contribution in [0.15, 0.2) is 18.2 Å². The number of fused-ring (bicyclic) bond motifs is 1. The van der Waals surface area contributed by atoms with E-state index in [-0.39, 0.29) is 42.7 Å². The lowest BCUT2D eigenvalue weighted by molar-refractivity contribution is -0.217. The molecule has 2 heterocycles. The third-order valence-electron chi connectivity index (χ3n) is 9.02. The average Bonchev–Trinajstić information content (AvgIpc) is 2.94. The third kappa shape index (κ3) is 7.50. The first-order valence-electron chi connectivity index (χ1n) is 14.5. The molecule has 6 N–H and O–H groups in total. The Morgan fingerprint density at radius 1 is 1.19 bits per heavy atom.